The van der Waals surface area contributed by atoms with Gasteiger partial charge in [-0.15, -0.1) is 0 Å². The van der Waals surface area contributed by atoms with Crippen LogP contribution in [0.1, 0.15) is 6.92 Å². The highest BCUT2D eigenvalue weighted by Crippen LogP contribution is 2.43. The van der Waals surface area contributed by atoms with Crippen LogP contribution in [-0.4, -0.2) is 26.8 Å². The smallest absolute Gasteiger partial charge is 0.265 e. The lowest BCUT2D eigenvalue weighted by Crippen LogP contribution is -2.40. The summed E-state index contributed by atoms with van der Waals surface area (Å²) in [5.74, 6) is -0.706. The fourth-order valence-electron chi connectivity index (χ4n) is 3.45. The molecule has 0 unspecified atom stereocenters. The summed E-state index contributed by atoms with van der Waals surface area (Å²) in [6, 6.07) is 18.0. The summed E-state index contributed by atoms with van der Waals surface area (Å²) in [5.41, 5.74) is 2.65. The van der Waals surface area contributed by atoms with E-state index in [1.54, 1.807) is 60.7 Å². The zero-order chi connectivity index (χ0) is 22.2. The molecule has 0 spiro atoms. The molecule has 0 radical (unpaired) electrons. The fraction of sp³-hybridized carbons (Fsp3) is 0.0909. The Balaban J connectivity index is 1.62. The number of fused-ring (bicyclic) bond motifs is 3. The third-order valence-corrected chi connectivity index (χ3v) is 6.80. The summed E-state index contributed by atoms with van der Waals surface area (Å²) >= 11 is 6.15. The number of rotatable bonds is 4. The van der Waals surface area contributed by atoms with Crippen LogP contribution in [0.5, 0.6) is 0 Å². The highest BCUT2D eigenvalue weighted by Gasteiger charge is 2.35. The normalized spacial score (nSPS) is 13.7. The van der Waals surface area contributed by atoms with E-state index in [1.807, 2.05) is 0 Å². The molecule has 3 aromatic carbocycles. The maximum absolute atomic E-state index is 13.3. The molecule has 3 aromatic rings. The Kier molecular flexibility index (Phi) is 5.43. The monoisotopic (exact) mass is 455 g/mol. The van der Waals surface area contributed by atoms with Gasteiger partial charge in [-0.2, -0.15) is 0 Å². The Hall–Kier alpha value is -3.36. The van der Waals surface area contributed by atoms with Crippen LogP contribution in [0, 0.1) is 0 Å². The summed E-state index contributed by atoms with van der Waals surface area (Å²) < 4.78 is 27.6. The maximum atomic E-state index is 13.3. The number of anilines is 3. The Labute approximate surface area is 184 Å². The molecule has 4 rings (SSSR count). The molecule has 0 fully saturated rings. The van der Waals surface area contributed by atoms with Gasteiger partial charge in [-0.25, -0.2) is 8.42 Å². The van der Waals surface area contributed by atoms with Gasteiger partial charge in [0, 0.05) is 34.4 Å². The Morgan fingerprint density at radius 2 is 1.55 bits per heavy atom. The van der Waals surface area contributed by atoms with E-state index in [-0.39, 0.29) is 10.8 Å². The summed E-state index contributed by atoms with van der Waals surface area (Å²) in [7, 11) is -3.93. The first-order valence-corrected chi connectivity index (χ1v) is 11.2. The molecule has 2 amide bonds. The van der Waals surface area contributed by atoms with Crippen molar-refractivity contribution in [2.75, 3.05) is 21.5 Å². The predicted molar refractivity (Wildman–Crippen MR) is 121 cm³/mol. The van der Waals surface area contributed by atoms with Gasteiger partial charge in [0.15, 0.2) is 0 Å². The second kappa shape index (κ2) is 8.05. The minimum absolute atomic E-state index is 0.122. The number of sulfonamides is 1. The number of hydrogen-bond donors (Lipinski definition) is 2. The van der Waals surface area contributed by atoms with Crippen LogP contribution in [0.25, 0.3) is 11.1 Å². The zero-order valence-electron chi connectivity index (χ0n) is 16.4. The highest BCUT2D eigenvalue weighted by atomic mass is 35.5. The minimum Gasteiger partial charge on any atom is -0.326 e. The number of nitrogens with zero attached hydrogens (tertiary/aromatic N) is 1. The second-order valence-corrected chi connectivity index (χ2v) is 9.24. The van der Waals surface area contributed by atoms with E-state index < -0.39 is 22.5 Å². The molecule has 1 aliphatic rings. The molecular weight excluding hydrogens is 438 g/mol. The van der Waals surface area contributed by atoms with Crippen LogP contribution < -0.4 is 14.9 Å². The summed E-state index contributed by atoms with van der Waals surface area (Å²) in [5, 5.41) is 5.80. The van der Waals surface area contributed by atoms with Gasteiger partial charge < -0.3 is 10.6 Å². The van der Waals surface area contributed by atoms with Crippen LogP contribution >= 0.6 is 11.6 Å². The number of hydrogen-bond acceptors (Lipinski definition) is 4. The van der Waals surface area contributed by atoms with Crippen LogP contribution in [0.15, 0.2) is 71.6 Å². The maximum Gasteiger partial charge on any atom is 0.265 e. The molecule has 7 nitrogen and oxygen atoms in total. The first-order valence-electron chi connectivity index (χ1n) is 9.35. The Bertz CT molecular complexity index is 1290. The number of carbonyl (C=O) groups is 2. The lowest BCUT2D eigenvalue weighted by Gasteiger charge is -2.31. The van der Waals surface area contributed by atoms with Crippen LogP contribution in [0.4, 0.5) is 17.1 Å². The summed E-state index contributed by atoms with van der Waals surface area (Å²) in [4.78, 5) is 23.9. The second-order valence-electron chi connectivity index (χ2n) is 6.98. The highest BCUT2D eigenvalue weighted by molar-refractivity contribution is 7.93. The molecule has 0 aromatic heterocycles. The van der Waals surface area contributed by atoms with Crippen molar-refractivity contribution >= 4 is 50.5 Å². The Morgan fingerprint density at radius 1 is 0.903 bits per heavy atom. The van der Waals surface area contributed by atoms with Gasteiger partial charge in [0.05, 0.1) is 10.6 Å². The van der Waals surface area contributed by atoms with Gasteiger partial charge in [0.25, 0.3) is 10.0 Å². The van der Waals surface area contributed by atoms with E-state index in [2.05, 4.69) is 10.6 Å². The average molecular weight is 456 g/mol. The van der Waals surface area contributed by atoms with Crippen molar-refractivity contribution in [3.05, 3.63) is 71.8 Å². The molecular formula is C22H18ClN3O4S. The predicted octanol–water partition coefficient (Wildman–Crippen LogP) is 4.11. The molecule has 2 N–H and O–H groups in total. The number of halogens is 1. The molecule has 0 saturated heterocycles. The SMILES string of the molecule is CC(=O)Nc1ccc(NC(=O)CN2c3ccc(Cl)cc3-c3ccccc3S2(=O)=O)cc1. The topological polar surface area (TPSA) is 95.6 Å². The first kappa shape index (κ1) is 20.9. The number of nitrogens with one attached hydrogen (secondary N) is 2. The van der Waals surface area contributed by atoms with Crippen molar-refractivity contribution in [3.63, 3.8) is 0 Å². The summed E-state index contributed by atoms with van der Waals surface area (Å²) in [6.45, 7) is 0.997. The standard InChI is InChI=1S/C22H18ClN3O4S/c1-14(27)24-16-7-9-17(10-8-16)25-22(28)13-26-20-11-6-15(23)12-19(20)18-4-2-3-5-21(18)31(26,29)30/h2-12H,13H2,1H3,(H,24,27)(H,25,28). The van der Waals surface area contributed by atoms with Gasteiger partial charge >= 0.3 is 0 Å². The van der Waals surface area contributed by atoms with Gasteiger partial charge in [0.1, 0.15) is 6.54 Å². The van der Waals surface area contributed by atoms with Crippen LogP contribution in [-0.2, 0) is 19.6 Å². The minimum atomic E-state index is -3.93. The lowest BCUT2D eigenvalue weighted by molar-refractivity contribution is -0.115. The van der Waals surface area contributed by atoms with Crippen molar-refractivity contribution < 1.29 is 18.0 Å². The molecule has 1 heterocycles. The molecule has 0 bridgehead atoms. The zero-order valence-corrected chi connectivity index (χ0v) is 18.0. The molecule has 9 heteroatoms. The van der Waals surface area contributed by atoms with Gasteiger partial charge in [-0.05, 0) is 48.5 Å². The van der Waals surface area contributed by atoms with Crippen molar-refractivity contribution in [1.82, 2.24) is 0 Å². The third kappa shape index (κ3) is 4.12. The number of amides is 2. The number of carbonyl (C=O) groups excluding carboxylic acids is 2. The third-order valence-electron chi connectivity index (χ3n) is 4.75. The Morgan fingerprint density at radius 3 is 2.23 bits per heavy atom. The largest absolute Gasteiger partial charge is 0.326 e. The molecule has 158 valence electrons. The van der Waals surface area contributed by atoms with Crippen molar-refractivity contribution in [2.24, 2.45) is 0 Å². The van der Waals surface area contributed by atoms with E-state index >= 15 is 0 Å². The van der Waals surface area contributed by atoms with Crippen molar-refractivity contribution in [2.45, 2.75) is 11.8 Å². The van der Waals surface area contributed by atoms with E-state index in [1.165, 1.54) is 13.0 Å². The van der Waals surface area contributed by atoms with Crippen molar-refractivity contribution in [1.29, 1.82) is 0 Å². The van der Waals surface area contributed by atoms with E-state index in [9.17, 15) is 18.0 Å². The van der Waals surface area contributed by atoms with E-state index in [4.69, 9.17) is 11.6 Å². The summed E-state index contributed by atoms with van der Waals surface area (Å²) in [6.07, 6.45) is 0. The number of benzene rings is 3. The van der Waals surface area contributed by atoms with Crippen LogP contribution in [0.3, 0.4) is 0 Å². The van der Waals surface area contributed by atoms with Gasteiger partial charge in [-0.3, -0.25) is 13.9 Å². The fourth-order valence-corrected chi connectivity index (χ4v) is 5.27. The van der Waals surface area contributed by atoms with Crippen molar-refractivity contribution in [3.8, 4) is 11.1 Å². The van der Waals surface area contributed by atoms with Gasteiger partial charge in [-0.1, -0.05) is 29.8 Å². The quantitative estimate of drug-likeness (QED) is 0.618. The molecule has 0 atom stereocenters. The lowest BCUT2D eigenvalue weighted by atomic mass is 10.0. The molecule has 0 aliphatic carbocycles. The average Bonchev–Trinajstić information content (AvgIpc) is 2.72. The van der Waals surface area contributed by atoms with E-state index in [0.717, 1.165) is 4.31 Å². The van der Waals surface area contributed by atoms with E-state index in [0.29, 0.717) is 33.2 Å². The molecule has 0 saturated carbocycles. The van der Waals surface area contributed by atoms with Gasteiger partial charge in [0.2, 0.25) is 11.8 Å². The first-order chi connectivity index (χ1) is 14.8. The molecule has 1 aliphatic heterocycles. The van der Waals surface area contributed by atoms with Crippen LogP contribution in [0.2, 0.25) is 5.02 Å². The molecule has 31 heavy (non-hydrogen) atoms.